The molecule has 18 heavy (non-hydrogen) atoms. The van der Waals surface area contributed by atoms with E-state index in [2.05, 4.69) is 12.2 Å². The molecule has 0 amide bonds. The zero-order valence-electron chi connectivity index (χ0n) is 11.0. The van der Waals surface area contributed by atoms with E-state index >= 15 is 0 Å². The van der Waals surface area contributed by atoms with Crippen molar-refractivity contribution in [3.8, 4) is 0 Å². The highest BCUT2D eigenvalue weighted by molar-refractivity contribution is 7.90. The topological polar surface area (TPSA) is 72.2 Å². The fourth-order valence-corrected chi connectivity index (χ4v) is 2.36. The second-order valence-corrected chi connectivity index (χ2v) is 6.53. The van der Waals surface area contributed by atoms with Gasteiger partial charge in [-0.25, -0.2) is 8.42 Å². The number of hydrogen-bond donors (Lipinski definition) is 2. The zero-order chi connectivity index (χ0) is 13.6. The standard InChI is InChI=1S/C13H22N2O2S/c1-3-4-5-12(10-14)15-11-6-8-13(9-7-11)18(2,16)17/h6-9,12,15H,3-5,10,14H2,1-2H3. The van der Waals surface area contributed by atoms with Gasteiger partial charge in [0.2, 0.25) is 0 Å². The molecule has 1 rings (SSSR count). The molecule has 0 aliphatic rings. The Hall–Kier alpha value is -1.07. The highest BCUT2D eigenvalue weighted by atomic mass is 32.2. The number of anilines is 1. The van der Waals surface area contributed by atoms with Crippen molar-refractivity contribution in [3.05, 3.63) is 24.3 Å². The molecule has 0 aromatic heterocycles. The van der Waals surface area contributed by atoms with Gasteiger partial charge in [0.1, 0.15) is 0 Å². The van der Waals surface area contributed by atoms with Crippen LogP contribution >= 0.6 is 0 Å². The van der Waals surface area contributed by atoms with Crippen LogP contribution in [-0.2, 0) is 9.84 Å². The van der Waals surface area contributed by atoms with E-state index in [0.717, 1.165) is 24.9 Å². The van der Waals surface area contributed by atoms with Gasteiger partial charge in [-0.3, -0.25) is 0 Å². The van der Waals surface area contributed by atoms with E-state index in [4.69, 9.17) is 5.73 Å². The first-order chi connectivity index (χ1) is 8.47. The highest BCUT2D eigenvalue weighted by Crippen LogP contribution is 2.15. The molecule has 0 radical (unpaired) electrons. The summed E-state index contributed by atoms with van der Waals surface area (Å²) < 4.78 is 22.6. The van der Waals surface area contributed by atoms with Crippen molar-refractivity contribution in [3.63, 3.8) is 0 Å². The molecule has 1 unspecified atom stereocenters. The third-order valence-corrected chi connectivity index (χ3v) is 3.97. The molecule has 1 aromatic rings. The second-order valence-electron chi connectivity index (χ2n) is 4.52. The lowest BCUT2D eigenvalue weighted by molar-refractivity contribution is 0.602. The summed E-state index contributed by atoms with van der Waals surface area (Å²) in [6.07, 6.45) is 4.52. The molecule has 0 aliphatic heterocycles. The number of nitrogens with two attached hydrogens (primary N) is 1. The van der Waals surface area contributed by atoms with Crippen molar-refractivity contribution in [2.24, 2.45) is 5.73 Å². The first-order valence-corrected chi connectivity index (χ1v) is 8.13. The molecular weight excluding hydrogens is 248 g/mol. The molecule has 0 heterocycles. The number of unbranched alkanes of at least 4 members (excludes halogenated alkanes) is 1. The lowest BCUT2D eigenvalue weighted by Gasteiger charge is -2.17. The average molecular weight is 270 g/mol. The molecule has 1 atom stereocenters. The molecule has 0 saturated heterocycles. The van der Waals surface area contributed by atoms with Crippen molar-refractivity contribution >= 4 is 15.5 Å². The summed E-state index contributed by atoms with van der Waals surface area (Å²) in [6.45, 7) is 2.72. The summed E-state index contributed by atoms with van der Waals surface area (Å²) in [5.74, 6) is 0. The second kappa shape index (κ2) is 6.75. The molecule has 3 N–H and O–H groups in total. The van der Waals surface area contributed by atoms with E-state index in [1.807, 2.05) is 0 Å². The molecule has 0 spiro atoms. The van der Waals surface area contributed by atoms with Crippen LogP contribution in [0.1, 0.15) is 26.2 Å². The van der Waals surface area contributed by atoms with Crippen LogP contribution in [0.25, 0.3) is 0 Å². The smallest absolute Gasteiger partial charge is 0.175 e. The van der Waals surface area contributed by atoms with Crippen LogP contribution in [-0.4, -0.2) is 27.3 Å². The van der Waals surface area contributed by atoms with Crippen molar-refractivity contribution in [1.29, 1.82) is 0 Å². The molecule has 1 aromatic carbocycles. The third-order valence-electron chi connectivity index (χ3n) is 2.84. The predicted octanol–water partition coefficient (Wildman–Crippen LogP) is 2.02. The summed E-state index contributed by atoms with van der Waals surface area (Å²) in [5.41, 5.74) is 6.61. The van der Waals surface area contributed by atoms with E-state index in [0.29, 0.717) is 11.4 Å². The van der Waals surface area contributed by atoms with Gasteiger partial charge in [-0.15, -0.1) is 0 Å². The third kappa shape index (κ3) is 4.66. The fraction of sp³-hybridized carbons (Fsp3) is 0.538. The minimum Gasteiger partial charge on any atom is -0.381 e. The minimum absolute atomic E-state index is 0.244. The van der Waals surface area contributed by atoms with Gasteiger partial charge in [0.25, 0.3) is 0 Å². The summed E-state index contributed by atoms with van der Waals surface area (Å²) in [7, 11) is -3.12. The molecule has 102 valence electrons. The molecule has 0 saturated carbocycles. The normalized spacial score (nSPS) is 13.3. The Morgan fingerprint density at radius 2 is 1.89 bits per heavy atom. The van der Waals surface area contributed by atoms with E-state index < -0.39 is 9.84 Å². The summed E-state index contributed by atoms with van der Waals surface area (Å²) in [4.78, 5) is 0.339. The van der Waals surface area contributed by atoms with Gasteiger partial charge in [0.15, 0.2) is 9.84 Å². The first-order valence-electron chi connectivity index (χ1n) is 6.24. The van der Waals surface area contributed by atoms with Gasteiger partial charge in [-0.05, 0) is 30.7 Å². The number of sulfone groups is 1. The van der Waals surface area contributed by atoms with Crippen molar-refractivity contribution in [2.75, 3.05) is 18.1 Å². The van der Waals surface area contributed by atoms with Crippen molar-refractivity contribution < 1.29 is 8.42 Å². The maximum atomic E-state index is 11.3. The first kappa shape index (κ1) is 15.0. The lowest BCUT2D eigenvalue weighted by atomic mass is 10.1. The largest absolute Gasteiger partial charge is 0.381 e. The van der Waals surface area contributed by atoms with Crippen LogP contribution in [0.3, 0.4) is 0 Å². The fourth-order valence-electron chi connectivity index (χ4n) is 1.73. The quantitative estimate of drug-likeness (QED) is 0.795. The van der Waals surface area contributed by atoms with E-state index in [-0.39, 0.29) is 6.04 Å². The van der Waals surface area contributed by atoms with Crippen molar-refractivity contribution in [1.82, 2.24) is 0 Å². The van der Waals surface area contributed by atoms with E-state index in [1.54, 1.807) is 24.3 Å². The summed E-state index contributed by atoms with van der Waals surface area (Å²) in [6, 6.07) is 7.04. The van der Waals surface area contributed by atoms with Crippen molar-refractivity contribution in [2.45, 2.75) is 37.1 Å². The lowest BCUT2D eigenvalue weighted by Crippen LogP contribution is -2.28. The zero-order valence-corrected chi connectivity index (χ0v) is 11.8. The summed E-state index contributed by atoms with van der Waals surface area (Å²) >= 11 is 0. The summed E-state index contributed by atoms with van der Waals surface area (Å²) in [5, 5.41) is 3.32. The average Bonchev–Trinajstić information content (AvgIpc) is 2.34. The van der Waals surface area contributed by atoms with Crippen LogP contribution < -0.4 is 11.1 Å². The van der Waals surface area contributed by atoms with Gasteiger partial charge < -0.3 is 11.1 Å². The van der Waals surface area contributed by atoms with Crippen LogP contribution in [0.5, 0.6) is 0 Å². The van der Waals surface area contributed by atoms with Gasteiger partial charge in [-0.1, -0.05) is 19.8 Å². The predicted molar refractivity (Wildman–Crippen MR) is 75.5 cm³/mol. The number of nitrogens with one attached hydrogen (secondary N) is 1. The van der Waals surface area contributed by atoms with Crippen LogP contribution in [0.15, 0.2) is 29.2 Å². The maximum Gasteiger partial charge on any atom is 0.175 e. The van der Waals surface area contributed by atoms with Crippen LogP contribution in [0.2, 0.25) is 0 Å². The number of benzene rings is 1. The molecule has 0 fully saturated rings. The molecular formula is C13H22N2O2S. The number of hydrogen-bond acceptors (Lipinski definition) is 4. The van der Waals surface area contributed by atoms with E-state index in [1.165, 1.54) is 6.26 Å². The Morgan fingerprint density at radius 1 is 1.28 bits per heavy atom. The Bertz CT molecular complexity index is 454. The monoisotopic (exact) mass is 270 g/mol. The Kier molecular flexibility index (Phi) is 5.62. The van der Waals surface area contributed by atoms with Gasteiger partial charge in [-0.2, -0.15) is 0 Å². The van der Waals surface area contributed by atoms with Gasteiger partial charge in [0, 0.05) is 24.5 Å². The van der Waals surface area contributed by atoms with Crippen LogP contribution in [0, 0.1) is 0 Å². The minimum atomic E-state index is -3.12. The highest BCUT2D eigenvalue weighted by Gasteiger charge is 2.08. The molecule has 5 heteroatoms. The van der Waals surface area contributed by atoms with Gasteiger partial charge >= 0.3 is 0 Å². The molecule has 0 aliphatic carbocycles. The molecule has 0 bridgehead atoms. The molecule has 4 nitrogen and oxygen atoms in total. The van der Waals surface area contributed by atoms with Gasteiger partial charge in [0.05, 0.1) is 4.90 Å². The number of rotatable bonds is 7. The Morgan fingerprint density at radius 3 is 2.33 bits per heavy atom. The maximum absolute atomic E-state index is 11.3. The Labute approximate surface area is 110 Å². The Balaban J connectivity index is 2.68. The SMILES string of the molecule is CCCCC(CN)Nc1ccc(S(C)(=O)=O)cc1. The van der Waals surface area contributed by atoms with Crippen LogP contribution in [0.4, 0.5) is 5.69 Å². The van der Waals surface area contributed by atoms with E-state index in [9.17, 15) is 8.42 Å².